The number of carboxylic acid groups (broad SMARTS) is 2. The summed E-state index contributed by atoms with van der Waals surface area (Å²) < 4.78 is 0. The number of carboxylic acids is 2. The van der Waals surface area contributed by atoms with Gasteiger partial charge in [0.2, 0.25) is 29.5 Å². The predicted molar refractivity (Wildman–Crippen MR) is 236 cm³/mol. The maximum Gasteiger partial charge on any atom is 0.326 e. The lowest BCUT2D eigenvalue weighted by Crippen LogP contribution is -2.60. The molecule has 21 heteroatoms. The minimum Gasteiger partial charge on any atom is -0.481 e. The molecule has 0 spiro atoms. The molecule has 0 saturated heterocycles. The summed E-state index contributed by atoms with van der Waals surface area (Å²) in [5.74, 6) is -6.75. The number of nitrogens with zero attached hydrogens (tertiary/aromatic N) is 2. The third-order valence-electron chi connectivity index (χ3n) is 10.3. The molecule has 4 rings (SSSR count). The highest BCUT2D eigenvalue weighted by atomic mass is 16.4. The van der Waals surface area contributed by atoms with Crippen LogP contribution in [-0.2, 0) is 52.8 Å². The molecular weight excluding hydrogens is 829 g/mol. The van der Waals surface area contributed by atoms with Gasteiger partial charge in [-0.1, -0.05) is 68.3 Å². The SMILES string of the molecule is CCCC[C@H](N)C(=O)N[C@@H](CCC(=O)O)C(=O)N[C@@H](Cc1cnc[nH]1)C(=O)N[C@H](Cc1ccccc1)C(=O)N[C@@H](CCCN=C(N)N)C(=O)N[C@H](Cc1c[nH]c2ccccc12)C(=O)O. The monoisotopic (exact) mass is 886 g/mol. The van der Waals surface area contributed by atoms with E-state index >= 15 is 0 Å². The molecule has 2 aromatic carbocycles. The van der Waals surface area contributed by atoms with E-state index in [9.17, 15) is 43.8 Å². The number of nitrogens with two attached hydrogens (primary N) is 3. The standard InChI is InChI=1S/C43H58N12O9/c1-2-3-13-29(44)37(58)51-32(16-17-36(56)57)39(60)54-34(21-27-23-47-24-50-27)41(62)53-33(19-25-10-5-4-6-11-25)40(61)52-31(15-9-18-48-43(45)46)38(59)55-35(42(63)64)20-26-22-49-30-14-8-7-12-28(26)30/h4-8,10-12,14,22-24,29,31-35,49H,2-3,9,13,15-21,44H2,1H3,(H,47,50)(H,51,58)(H,52,61)(H,53,62)(H,54,60)(H,55,59)(H,56,57)(H,63,64)(H4,45,46,48)/t29-,31-,32-,33+,34-,35+/m0/s1. The summed E-state index contributed by atoms with van der Waals surface area (Å²) in [6.07, 6.45) is 5.19. The molecule has 6 atom stereocenters. The van der Waals surface area contributed by atoms with Crippen molar-refractivity contribution in [1.82, 2.24) is 41.5 Å². The first kappa shape index (κ1) is 49.4. The smallest absolute Gasteiger partial charge is 0.326 e. The third-order valence-corrected chi connectivity index (χ3v) is 10.3. The minimum atomic E-state index is -1.41. The van der Waals surface area contributed by atoms with Crippen molar-refractivity contribution in [2.24, 2.45) is 22.2 Å². The van der Waals surface area contributed by atoms with Crippen LogP contribution in [0.5, 0.6) is 0 Å². The second kappa shape index (κ2) is 25.0. The Labute approximate surface area is 369 Å². The van der Waals surface area contributed by atoms with E-state index in [1.165, 1.54) is 12.5 Å². The number of benzene rings is 2. The highest BCUT2D eigenvalue weighted by Gasteiger charge is 2.34. The Morgan fingerprint density at radius 2 is 1.28 bits per heavy atom. The normalized spacial score (nSPS) is 13.8. The van der Waals surface area contributed by atoms with Crippen molar-refractivity contribution in [1.29, 1.82) is 0 Å². The highest BCUT2D eigenvalue weighted by Crippen LogP contribution is 2.19. The Bertz CT molecular complexity index is 2210. The molecule has 0 aliphatic carbocycles. The van der Waals surface area contributed by atoms with Crippen molar-refractivity contribution in [3.8, 4) is 0 Å². The van der Waals surface area contributed by atoms with E-state index in [1.807, 2.05) is 25.1 Å². The molecule has 5 amide bonds. The Morgan fingerprint density at radius 1 is 0.688 bits per heavy atom. The maximum absolute atomic E-state index is 14.3. The number of unbranched alkanes of at least 4 members (excludes halogenated alkanes) is 1. The number of aromatic nitrogens is 3. The number of aliphatic carboxylic acids is 2. The summed E-state index contributed by atoms with van der Waals surface area (Å²) in [5.41, 5.74) is 19.5. The Morgan fingerprint density at radius 3 is 1.91 bits per heavy atom. The van der Waals surface area contributed by atoms with Gasteiger partial charge in [-0.2, -0.15) is 0 Å². The zero-order chi connectivity index (χ0) is 46.6. The summed E-state index contributed by atoms with van der Waals surface area (Å²) in [7, 11) is 0. The predicted octanol–water partition coefficient (Wildman–Crippen LogP) is -0.137. The number of amides is 5. The molecule has 344 valence electrons. The van der Waals surface area contributed by atoms with Crippen molar-refractivity contribution in [2.75, 3.05) is 6.54 Å². The van der Waals surface area contributed by atoms with E-state index < -0.39 is 84.1 Å². The largest absolute Gasteiger partial charge is 0.481 e. The lowest BCUT2D eigenvalue weighted by atomic mass is 10.0. The number of rotatable bonds is 27. The van der Waals surface area contributed by atoms with E-state index in [-0.39, 0.29) is 51.0 Å². The van der Waals surface area contributed by atoms with Gasteiger partial charge in [-0.3, -0.25) is 33.8 Å². The molecule has 0 aliphatic rings. The average Bonchev–Trinajstić information content (AvgIpc) is 3.94. The first-order valence-electron chi connectivity index (χ1n) is 21.0. The molecule has 0 aliphatic heterocycles. The minimum absolute atomic E-state index is 0.0379. The molecule has 2 aromatic heterocycles. The summed E-state index contributed by atoms with van der Waals surface area (Å²) in [4.78, 5) is 107. The molecule has 0 radical (unpaired) electrons. The zero-order valence-electron chi connectivity index (χ0n) is 35.5. The van der Waals surface area contributed by atoms with E-state index in [0.717, 1.165) is 17.3 Å². The van der Waals surface area contributed by atoms with Crippen molar-refractivity contribution >= 4 is 58.3 Å². The van der Waals surface area contributed by atoms with Crippen LogP contribution in [0.1, 0.15) is 68.7 Å². The molecule has 15 N–H and O–H groups in total. The summed E-state index contributed by atoms with van der Waals surface area (Å²) >= 11 is 0. The number of hydrogen-bond acceptors (Lipinski definition) is 10. The molecule has 0 unspecified atom stereocenters. The number of aliphatic imine (C=N–C) groups is 1. The van der Waals surface area contributed by atoms with Gasteiger partial charge in [-0.05, 0) is 42.9 Å². The molecule has 2 heterocycles. The molecule has 64 heavy (non-hydrogen) atoms. The van der Waals surface area contributed by atoms with Crippen LogP contribution in [0.2, 0.25) is 0 Å². The van der Waals surface area contributed by atoms with Gasteiger partial charge in [-0.25, -0.2) is 9.78 Å². The van der Waals surface area contributed by atoms with Gasteiger partial charge in [0.15, 0.2) is 5.96 Å². The Kier molecular flexibility index (Phi) is 19.3. The average molecular weight is 887 g/mol. The lowest BCUT2D eigenvalue weighted by molar-refractivity contribution is -0.142. The van der Waals surface area contributed by atoms with Gasteiger partial charge >= 0.3 is 11.9 Å². The van der Waals surface area contributed by atoms with Crippen LogP contribution in [0, 0.1) is 0 Å². The number of carbonyl (C=O) groups is 7. The van der Waals surface area contributed by atoms with E-state index in [1.54, 1.807) is 42.6 Å². The first-order chi connectivity index (χ1) is 30.6. The zero-order valence-corrected chi connectivity index (χ0v) is 35.5. The fourth-order valence-corrected chi connectivity index (χ4v) is 6.84. The van der Waals surface area contributed by atoms with Crippen LogP contribution < -0.4 is 43.8 Å². The summed E-state index contributed by atoms with van der Waals surface area (Å²) in [6, 6.07) is 8.09. The fraction of sp³-hybridized carbons (Fsp3) is 0.419. The molecule has 0 saturated carbocycles. The third kappa shape index (κ3) is 15.9. The van der Waals surface area contributed by atoms with E-state index in [2.05, 4.69) is 46.5 Å². The topological polar surface area (TPSA) is 355 Å². The maximum atomic E-state index is 14.3. The molecule has 21 nitrogen and oxygen atoms in total. The van der Waals surface area contributed by atoms with Crippen LogP contribution in [0.15, 0.2) is 78.3 Å². The van der Waals surface area contributed by atoms with Gasteiger partial charge in [-0.15, -0.1) is 0 Å². The first-order valence-corrected chi connectivity index (χ1v) is 21.0. The molecule has 0 fully saturated rings. The van der Waals surface area contributed by atoms with Crippen LogP contribution in [0.25, 0.3) is 10.9 Å². The second-order valence-electron chi connectivity index (χ2n) is 15.3. The molecular formula is C43H58N12O9. The number of aromatic amines is 2. The number of carbonyl (C=O) groups excluding carboxylic acids is 5. The number of H-pyrrole nitrogens is 2. The van der Waals surface area contributed by atoms with Gasteiger partial charge in [0.05, 0.1) is 12.4 Å². The van der Waals surface area contributed by atoms with Crippen LogP contribution >= 0.6 is 0 Å². The highest BCUT2D eigenvalue weighted by molar-refractivity contribution is 5.97. The fourth-order valence-electron chi connectivity index (χ4n) is 6.84. The second-order valence-corrected chi connectivity index (χ2v) is 15.3. The summed E-state index contributed by atoms with van der Waals surface area (Å²) in [5, 5.41) is 33.4. The number of hydrogen-bond donors (Lipinski definition) is 12. The van der Waals surface area contributed by atoms with Crippen LogP contribution in [0.3, 0.4) is 0 Å². The number of guanidine groups is 1. The number of nitrogens with one attached hydrogen (secondary N) is 7. The summed E-state index contributed by atoms with van der Waals surface area (Å²) in [6.45, 7) is 2.00. The lowest BCUT2D eigenvalue weighted by Gasteiger charge is -2.27. The Balaban J connectivity index is 1.60. The van der Waals surface area contributed by atoms with Crippen molar-refractivity contribution in [3.05, 3.63) is 90.1 Å². The van der Waals surface area contributed by atoms with Crippen LogP contribution in [0.4, 0.5) is 0 Å². The van der Waals surface area contributed by atoms with Gasteiger partial charge in [0, 0.05) is 61.2 Å². The molecule has 4 aromatic rings. The number of fused-ring (bicyclic) bond motifs is 1. The quantitative estimate of drug-likeness (QED) is 0.0211. The van der Waals surface area contributed by atoms with E-state index in [4.69, 9.17) is 17.2 Å². The van der Waals surface area contributed by atoms with Crippen molar-refractivity contribution < 1.29 is 43.8 Å². The molecule has 0 bridgehead atoms. The van der Waals surface area contributed by atoms with Gasteiger partial charge < -0.3 is 64.0 Å². The van der Waals surface area contributed by atoms with Crippen LogP contribution in [-0.4, -0.2) is 115 Å². The Hall–Kier alpha value is -7.29. The number of para-hydroxylation sites is 1. The van der Waals surface area contributed by atoms with E-state index in [0.29, 0.717) is 29.7 Å². The van der Waals surface area contributed by atoms with Crippen molar-refractivity contribution in [3.63, 3.8) is 0 Å². The van der Waals surface area contributed by atoms with Gasteiger partial charge in [0.1, 0.15) is 30.2 Å². The van der Waals surface area contributed by atoms with Gasteiger partial charge in [0.25, 0.3) is 0 Å². The van der Waals surface area contributed by atoms with Crippen molar-refractivity contribution in [2.45, 2.75) is 107 Å². The number of imidazole rings is 1.